The monoisotopic (exact) mass is 265 g/mol. The zero-order chi connectivity index (χ0) is 13.8. The van der Waals surface area contributed by atoms with Gasteiger partial charge in [-0.15, -0.1) is 0 Å². The predicted octanol–water partition coefficient (Wildman–Crippen LogP) is 1.63. The molecule has 19 heavy (non-hydrogen) atoms. The minimum absolute atomic E-state index is 0.0819. The molecule has 1 fully saturated rings. The average Bonchev–Trinajstić information content (AvgIpc) is 2.83. The molecule has 1 unspecified atom stereocenters. The first-order chi connectivity index (χ1) is 9.11. The van der Waals surface area contributed by atoms with Crippen LogP contribution in [-0.4, -0.2) is 34.3 Å². The van der Waals surface area contributed by atoms with E-state index in [1.165, 1.54) is 0 Å². The summed E-state index contributed by atoms with van der Waals surface area (Å²) in [7, 11) is 0. The van der Waals surface area contributed by atoms with Gasteiger partial charge in [0.15, 0.2) is 0 Å². The van der Waals surface area contributed by atoms with Crippen LogP contribution < -0.4 is 10.5 Å². The smallest absolute Gasteiger partial charge is 0.252 e. The van der Waals surface area contributed by atoms with Gasteiger partial charge in [0.1, 0.15) is 11.6 Å². The Morgan fingerprint density at radius 3 is 3.05 bits per heavy atom. The highest BCUT2D eigenvalue weighted by Crippen LogP contribution is 2.26. The van der Waals surface area contributed by atoms with E-state index in [2.05, 4.69) is 14.9 Å². The Labute approximate surface area is 113 Å². The zero-order valence-electron chi connectivity index (χ0n) is 11.7. The van der Waals surface area contributed by atoms with E-state index in [0.717, 1.165) is 43.9 Å². The van der Waals surface area contributed by atoms with Crippen molar-refractivity contribution in [1.29, 1.82) is 0 Å². The summed E-state index contributed by atoms with van der Waals surface area (Å²) in [5.41, 5.74) is -0.0819. The third-order valence-electron chi connectivity index (χ3n) is 3.66. The topological polar surface area (TPSA) is 69.2 Å². The number of anilines is 1. The van der Waals surface area contributed by atoms with E-state index >= 15 is 0 Å². The fraction of sp³-hybridized carbons (Fsp3) is 0.714. The molecule has 1 aromatic rings. The number of hydrogen-bond acceptors (Lipinski definition) is 4. The van der Waals surface area contributed by atoms with Gasteiger partial charge in [-0.25, -0.2) is 4.98 Å². The van der Waals surface area contributed by atoms with Crippen molar-refractivity contribution in [1.82, 2.24) is 9.97 Å². The van der Waals surface area contributed by atoms with Crippen LogP contribution in [0.4, 0.5) is 5.82 Å². The molecule has 1 saturated heterocycles. The number of nitrogens with one attached hydrogen (secondary N) is 1. The second-order valence-corrected chi connectivity index (χ2v) is 5.50. The van der Waals surface area contributed by atoms with Crippen molar-refractivity contribution in [2.24, 2.45) is 0 Å². The molecule has 0 amide bonds. The van der Waals surface area contributed by atoms with Gasteiger partial charge in [-0.05, 0) is 25.7 Å². The lowest BCUT2D eigenvalue weighted by molar-refractivity contribution is 0.279. The van der Waals surface area contributed by atoms with Crippen LogP contribution in [0.2, 0.25) is 0 Å². The van der Waals surface area contributed by atoms with Crippen LogP contribution in [0.5, 0.6) is 0 Å². The normalized spacial score (nSPS) is 19.4. The van der Waals surface area contributed by atoms with E-state index in [0.29, 0.717) is 6.04 Å². The summed E-state index contributed by atoms with van der Waals surface area (Å²) in [6, 6.07) is 1.99. The number of aromatic nitrogens is 2. The second-order valence-electron chi connectivity index (χ2n) is 5.50. The third-order valence-corrected chi connectivity index (χ3v) is 3.66. The Bertz CT molecular complexity index is 470. The molecule has 0 aliphatic carbocycles. The van der Waals surface area contributed by atoms with Crippen LogP contribution in [0.1, 0.15) is 51.3 Å². The number of H-pyrrole nitrogens is 1. The maximum Gasteiger partial charge on any atom is 0.252 e. The molecule has 0 saturated carbocycles. The number of aliphatic hydroxyl groups is 1. The third kappa shape index (κ3) is 3.35. The molecule has 2 N–H and O–H groups in total. The van der Waals surface area contributed by atoms with Crippen LogP contribution in [0.25, 0.3) is 0 Å². The highest BCUT2D eigenvalue weighted by molar-refractivity contribution is 5.40. The van der Waals surface area contributed by atoms with Crippen molar-refractivity contribution < 1.29 is 5.11 Å². The quantitative estimate of drug-likeness (QED) is 0.849. The minimum Gasteiger partial charge on any atom is -0.396 e. The van der Waals surface area contributed by atoms with Crippen molar-refractivity contribution in [3.63, 3.8) is 0 Å². The summed E-state index contributed by atoms with van der Waals surface area (Å²) in [4.78, 5) is 21.3. The molecule has 5 nitrogen and oxygen atoms in total. The van der Waals surface area contributed by atoms with Crippen molar-refractivity contribution in [3.05, 3.63) is 22.2 Å². The SMILES string of the molecule is CC(C)c1nc(N2CCCC2CCCO)cc(=O)[nH]1. The maximum atomic E-state index is 11.7. The van der Waals surface area contributed by atoms with Gasteiger partial charge in [-0.1, -0.05) is 13.8 Å². The summed E-state index contributed by atoms with van der Waals surface area (Å²) in [6.07, 6.45) is 4.01. The highest BCUT2D eigenvalue weighted by atomic mass is 16.2. The first-order valence-electron chi connectivity index (χ1n) is 7.10. The summed E-state index contributed by atoms with van der Waals surface area (Å²) in [6.45, 7) is 5.22. The summed E-state index contributed by atoms with van der Waals surface area (Å²) in [5.74, 6) is 1.74. The first-order valence-corrected chi connectivity index (χ1v) is 7.10. The van der Waals surface area contributed by atoms with Crippen molar-refractivity contribution in [2.75, 3.05) is 18.1 Å². The van der Waals surface area contributed by atoms with Gasteiger partial charge in [-0.3, -0.25) is 4.79 Å². The Hall–Kier alpha value is -1.36. The molecule has 5 heteroatoms. The molecule has 0 bridgehead atoms. The summed E-state index contributed by atoms with van der Waals surface area (Å²) in [5, 5.41) is 8.96. The molecule has 0 spiro atoms. The minimum atomic E-state index is -0.0819. The van der Waals surface area contributed by atoms with Gasteiger partial charge in [0, 0.05) is 31.2 Å². The second kappa shape index (κ2) is 6.19. The van der Waals surface area contributed by atoms with Crippen molar-refractivity contribution >= 4 is 5.82 Å². The molecule has 0 aromatic carbocycles. The van der Waals surface area contributed by atoms with Crippen LogP contribution >= 0.6 is 0 Å². The van der Waals surface area contributed by atoms with E-state index in [1.54, 1.807) is 6.07 Å². The molecule has 1 aromatic heterocycles. The molecular weight excluding hydrogens is 242 g/mol. The molecule has 1 atom stereocenters. The average molecular weight is 265 g/mol. The lowest BCUT2D eigenvalue weighted by atomic mass is 10.1. The Morgan fingerprint density at radius 2 is 2.37 bits per heavy atom. The van der Waals surface area contributed by atoms with Gasteiger partial charge in [-0.2, -0.15) is 0 Å². The Kier molecular flexibility index (Phi) is 4.58. The largest absolute Gasteiger partial charge is 0.396 e. The van der Waals surface area contributed by atoms with Gasteiger partial charge < -0.3 is 15.0 Å². The molecule has 2 rings (SSSR count). The summed E-state index contributed by atoms with van der Waals surface area (Å²) < 4.78 is 0. The van der Waals surface area contributed by atoms with Crippen LogP contribution in [-0.2, 0) is 0 Å². The molecule has 2 heterocycles. The lowest BCUT2D eigenvalue weighted by Gasteiger charge is -2.26. The van der Waals surface area contributed by atoms with Crippen LogP contribution in [0.15, 0.2) is 10.9 Å². The Balaban J connectivity index is 2.22. The van der Waals surface area contributed by atoms with Crippen LogP contribution in [0.3, 0.4) is 0 Å². The van der Waals surface area contributed by atoms with Gasteiger partial charge in [0.25, 0.3) is 5.56 Å². The van der Waals surface area contributed by atoms with E-state index in [4.69, 9.17) is 5.11 Å². The highest BCUT2D eigenvalue weighted by Gasteiger charge is 2.25. The molecule has 1 aliphatic heterocycles. The van der Waals surface area contributed by atoms with Gasteiger partial charge in [0.05, 0.1) is 0 Å². The fourth-order valence-electron chi connectivity index (χ4n) is 2.65. The number of aliphatic hydroxyl groups excluding tert-OH is 1. The van der Waals surface area contributed by atoms with Crippen molar-refractivity contribution in [2.45, 2.75) is 51.5 Å². The number of rotatable bonds is 5. The van der Waals surface area contributed by atoms with Crippen LogP contribution in [0, 0.1) is 0 Å². The standard InChI is InChI=1S/C14H23N3O2/c1-10(2)14-15-12(9-13(19)16-14)17-7-3-5-11(17)6-4-8-18/h9-11,18H,3-8H2,1-2H3,(H,15,16,19). The predicted molar refractivity (Wildman–Crippen MR) is 75.6 cm³/mol. The van der Waals surface area contributed by atoms with E-state index in [-0.39, 0.29) is 18.1 Å². The Morgan fingerprint density at radius 1 is 1.58 bits per heavy atom. The fourth-order valence-corrected chi connectivity index (χ4v) is 2.65. The van der Waals surface area contributed by atoms with E-state index < -0.39 is 0 Å². The number of hydrogen-bond donors (Lipinski definition) is 2. The molecule has 1 aliphatic rings. The molecular formula is C14H23N3O2. The van der Waals surface area contributed by atoms with Gasteiger partial charge in [0.2, 0.25) is 0 Å². The first kappa shape index (κ1) is 14.1. The van der Waals surface area contributed by atoms with E-state index in [9.17, 15) is 4.79 Å². The van der Waals surface area contributed by atoms with Gasteiger partial charge >= 0.3 is 0 Å². The maximum absolute atomic E-state index is 11.7. The van der Waals surface area contributed by atoms with Crippen molar-refractivity contribution in [3.8, 4) is 0 Å². The number of nitrogens with zero attached hydrogens (tertiary/aromatic N) is 2. The molecule has 106 valence electrons. The molecule has 0 radical (unpaired) electrons. The number of aromatic amines is 1. The van der Waals surface area contributed by atoms with E-state index in [1.807, 2.05) is 13.8 Å². The summed E-state index contributed by atoms with van der Waals surface area (Å²) >= 11 is 0. The lowest BCUT2D eigenvalue weighted by Crippen LogP contribution is -2.31. The zero-order valence-corrected chi connectivity index (χ0v) is 11.7.